The summed E-state index contributed by atoms with van der Waals surface area (Å²) in [4.78, 5) is 21.4. The van der Waals surface area contributed by atoms with E-state index >= 15 is 0 Å². The van der Waals surface area contributed by atoms with E-state index in [-0.39, 0.29) is 5.56 Å². The van der Waals surface area contributed by atoms with E-state index in [9.17, 15) is 4.79 Å². The number of aromatic nitrogens is 2. The third kappa shape index (κ3) is 3.75. The molecule has 2 saturated heterocycles. The summed E-state index contributed by atoms with van der Waals surface area (Å²) in [5, 5.41) is 0.672. The number of fused-ring (bicyclic) bond motifs is 1. The number of rotatable bonds is 3. The maximum absolute atomic E-state index is 12.2. The van der Waals surface area contributed by atoms with Gasteiger partial charge < -0.3 is 18.9 Å². The van der Waals surface area contributed by atoms with Gasteiger partial charge in [-0.2, -0.15) is 0 Å². The molecule has 0 bridgehead atoms. The zero-order valence-corrected chi connectivity index (χ0v) is 15.3. The molecule has 7 nitrogen and oxygen atoms in total. The van der Waals surface area contributed by atoms with Crippen LogP contribution in [-0.4, -0.2) is 73.6 Å². The van der Waals surface area contributed by atoms with Crippen LogP contribution in [0.15, 0.2) is 29.3 Å². The highest BCUT2D eigenvalue weighted by atomic mass is 16.5. The summed E-state index contributed by atoms with van der Waals surface area (Å²) in [7, 11) is 1.73. The molecular formula is C19H26N4O3. The van der Waals surface area contributed by atoms with Crippen LogP contribution in [0, 0.1) is 5.92 Å². The molecule has 0 atom stereocenters. The van der Waals surface area contributed by atoms with E-state index in [1.54, 1.807) is 13.4 Å². The summed E-state index contributed by atoms with van der Waals surface area (Å²) in [6.45, 7) is 8.06. The number of piperazine rings is 1. The Bertz CT molecular complexity index is 806. The predicted molar refractivity (Wildman–Crippen MR) is 101 cm³/mol. The third-order valence-electron chi connectivity index (χ3n) is 5.24. The first-order valence-corrected chi connectivity index (χ1v) is 9.29. The van der Waals surface area contributed by atoms with Gasteiger partial charge in [0.1, 0.15) is 0 Å². The monoisotopic (exact) mass is 358 g/mol. The first-order valence-electron chi connectivity index (χ1n) is 9.29. The first kappa shape index (κ1) is 17.5. The van der Waals surface area contributed by atoms with Crippen LogP contribution < -0.4 is 10.5 Å². The molecule has 0 amide bonds. The molecule has 1 aromatic carbocycles. The van der Waals surface area contributed by atoms with E-state index in [4.69, 9.17) is 9.47 Å². The average molecular weight is 358 g/mol. The van der Waals surface area contributed by atoms with Gasteiger partial charge in [0.05, 0.1) is 43.7 Å². The molecule has 4 rings (SSSR count). The number of benzene rings is 1. The molecule has 140 valence electrons. The Morgan fingerprint density at radius 2 is 1.85 bits per heavy atom. The molecule has 26 heavy (non-hydrogen) atoms. The second kappa shape index (κ2) is 7.73. The summed E-state index contributed by atoms with van der Waals surface area (Å²) in [6.07, 6.45) is 1.59. The predicted octanol–water partition coefficient (Wildman–Crippen LogP) is 0.719. The molecule has 7 heteroatoms. The lowest BCUT2D eigenvalue weighted by molar-refractivity contribution is 0.102. The molecular weight excluding hydrogens is 332 g/mol. The molecule has 0 N–H and O–H groups in total. The molecule has 3 heterocycles. The van der Waals surface area contributed by atoms with Crippen LogP contribution >= 0.6 is 0 Å². The van der Waals surface area contributed by atoms with E-state index in [1.165, 1.54) is 4.57 Å². The fraction of sp³-hybridized carbons (Fsp3) is 0.579. The molecule has 0 aliphatic carbocycles. The van der Waals surface area contributed by atoms with Crippen molar-refractivity contribution >= 4 is 16.6 Å². The standard InChI is InChI=1S/C19H26N4O3/c1-21-14-20-18-10-16(2-3-17(18)19(21)24)23-6-4-22(5-7-23)11-15-12-25-8-9-26-13-15/h2-3,10,14-15H,4-9,11-13H2,1H3. The third-order valence-corrected chi connectivity index (χ3v) is 5.24. The van der Waals surface area contributed by atoms with Crippen LogP contribution in [0.2, 0.25) is 0 Å². The summed E-state index contributed by atoms with van der Waals surface area (Å²) >= 11 is 0. The van der Waals surface area contributed by atoms with E-state index in [0.717, 1.165) is 57.1 Å². The van der Waals surface area contributed by atoms with Gasteiger partial charge in [0, 0.05) is 51.4 Å². The van der Waals surface area contributed by atoms with E-state index in [1.807, 2.05) is 18.2 Å². The van der Waals surface area contributed by atoms with Crippen LogP contribution in [0.1, 0.15) is 0 Å². The molecule has 0 saturated carbocycles. The van der Waals surface area contributed by atoms with Crippen LogP contribution in [0.25, 0.3) is 10.9 Å². The maximum Gasteiger partial charge on any atom is 0.260 e. The summed E-state index contributed by atoms with van der Waals surface area (Å²) in [5.41, 5.74) is 1.90. The lowest BCUT2D eigenvalue weighted by Crippen LogP contribution is -2.48. The van der Waals surface area contributed by atoms with E-state index < -0.39 is 0 Å². The average Bonchev–Trinajstić information content (AvgIpc) is 2.94. The molecule has 0 spiro atoms. The Morgan fingerprint density at radius 1 is 1.12 bits per heavy atom. The van der Waals surface area contributed by atoms with Gasteiger partial charge in [-0.3, -0.25) is 9.69 Å². The van der Waals surface area contributed by atoms with Crippen LogP contribution in [0.3, 0.4) is 0 Å². The minimum absolute atomic E-state index is 0.000734. The van der Waals surface area contributed by atoms with Crippen LogP contribution in [-0.2, 0) is 16.5 Å². The van der Waals surface area contributed by atoms with Gasteiger partial charge in [-0.15, -0.1) is 0 Å². The van der Waals surface area contributed by atoms with Gasteiger partial charge >= 0.3 is 0 Å². The Morgan fingerprint density at radius 3 is 2.58 bits per heavy atom. The largest absolute Gasteiger partial charge is 0.379 e. The van der Waals surface area contributed by atoms with Crippen molar-refractivity contribution in [3.63, 3.8) is 0 Å². The van der Waals surface area contributed by atoms with Crippen molar-refractivity contribution in [2.24, 2.45) is 13.0 Å². The zero-order chi connectivity index (χ0) is 17.9. The Labute approximate surface area is 153 Å². The van der Waals surface area contributed by atoms with Gasteiger partial charge in [0.25, 0.3) is 5.56 Å². The number of ether oxygens (including phenoxy) is 2. The molecule has 1 aromatic heterocycles. The number of hydrogen-bond acceptors (Lipinski definition) is 6. The fourth-order valence-electron chi connectivity index (χ4n) is 3.72. The highest BCUT2D eigenvalue weighted by Crippen LogP contribution is 2.21. The SMILES string of the molecule is Cn1cnc2cc(N3CCN(CC4COCCOC4)CC3)ccc2c1=O. The highest BCUT2D eigenvalue weighted by Gasteiger charge is 2.22. The van der Waals surface area contributed by atoms with Crippen LogP contribution in [0.4, 0.5) is 5.69 Å². The second-order valence-electron chi connectivity index (χ2n) is 7.17. The first-order chi connectivity index (χ1) is 12.7. The lowest BCUT2D eigenvalue weighted by atomic mass is 10.1. The molecule has 2 aliphatic heterocycles. The fourth-order valence-corrected chi connectivity index (χ4v) is 3.72. The molecule has 0 radical (unpaired) electrons. The van der Waals surface area contributed by atoms with Gasteiger partial charge in [-0.1, -0.05) is 0 Å². The second-order valence-corrected chi connectivity index (χ2v) is 7.17. The molecule has 2 aromatic rings. The van der Waals surface area contributed by atoms with E-state index in [2.05, 4.69) is 14.8 Å². The smallest absolute Gasteiger partial charge is 0.260 e. The normalized spacial score (nSPS) is 20.4. The minimum Gasteiger partial charge on any atom is -0.379 e. The molecule has 2 aliphatic rings. The summed E-state index contributed by atoms with van der Waals surface area (Å²) in [6, 6.07) is 5.96. The van der Waals surface area contributed by atoms with Crippen molar-refractivity contribution in [3.8, 4) is 0 Å². The number of aryl methyl sites for hydroxylation is 1. The van der Waals surface area contributed by atoms with E-state index in [0.29, 0.717) is 24.5 Å². The lowest BCUT2D eigenvalue weighted by Gasteiger charge is -2.37. The number of hydrogen-bond donors (Lipinski definition) is 0. The number of nitrogens with zero attached hydrogens (tertiary/aromatic N) is 4. The van der Waals surface area contributed by atoms with Crippen molar-refractivity contribution in [3.05, 3.63) is 34.9 Å². The Balaban J connectivity index is 1.39. The van der Waals surface area contributed by atoms with Crippen molar-refractivity contribution < 1.29 is 9.47 Å². The quantitative estimate of drug-likeness (QED) is 0.806. The van der Waals surface area contributed by atoms with Crippen LogP contribution in [0.5, 0.6) is 0 Å². The topological polar surface area (TPSA) is 59.8 Å². The van der Waals surface area contributed by atoms with Crippen molar-refractivity contribution in [1.82, 2.24) is 14.5 Å². The van der Waals surface area contributed by atoms with Gasteiger partial charge in [-0.05, 0) is 18.2 Å². The Hall–Kier alpha value is -1.96. The minimum atomic E-state index is -0.000734. The molecule has 0 unspecified atom stereocenters. The van der Waals surface area contributed by atoms with Gasteiger partial charge in [-0.25, -0.2) is 4.98 Å². The van der Waals surface area contributed by atoms with Gasteiger partial charge in [0.15, 0.2) is 0 Å². The highest BCUT2D eigenvalue weighted by molar-refractivity contribution is 5.81. The Kier molecular flexibility index (Phi) is 5.19. The van der Waals surface area contributed by atoms with Gasteiger partial charge in [0.2, 0.25) is 0 Å². The number of anilines is 1. The van der Waals surface area contributed by atoms with Crippen molar-refractivity contribution in [1.29, 1.82) is 0 Å². The zero-order valence-electron chi connectivity index (χ0n) is 15.3. The van der Waals surface area contributed by atoms with Crippen molar-refractivity contribution in [2.45, 2.75) is 0 Å². The maximum atomic E-state index is 12.2. The summed E-state index contributed by atoms with van der Waals surface area (Å²) in [5.74, 6) is 0.463. The molecule has 2 fully saturated rings. The van der Waals surface area contributed by atoms with Crippen molar-refractivity contribution in [2.75, 3.05) is 64.1 Å². The summed E-state index contributed by atoms with van der Waals surface area (Å²) < 4.78 is 12.7.